The molecule has 1 atom stereocenters. The lowest BCUT2D eigenvalue weighted by atomic mass is 9.69. The number of rotatable bonds is 3. The highest BCUT2D eigenvalue weighted by Gasteiger charge is 2.43. The number of benzene rings is 1. The Morgan fingerprint density at radius 1 is 1.31 bits per heavy atom. The van der Waals surface area contributed by atoms with Gasteiger partial charge in [-0.15, -0.1) is 0 Å². The van der Waals surface area contributed by atoms with Crippen LogP contribution in [0.1, 0.15) is 45.1 Å². The topological polar surface area (TPSA) is 81.4 Å². The lowest BCUT2D eigenvalue weighted by Gasteiger charge is -2.39. The molecule has 0 bridgehead atoms. The van der Waals surface area contributed by atoms with Crippen molar-refractivity contribution >= 4 is 27.7 Å². The first-order chi connectivity index (χ1) is 12.2. The van der Waals surface area contributed by atoms with Gasteiger partial charge in [0, 0.05) is 22.2 Å². The van der Waals surface area contributed by atoms with E-state index in [-0.39, 0.29) is 23.6 Å². The molecule has 1 aliphatic carbocycles. The number of nitrogens with one attached hydrogen (secondary N) is 1. The van der Waals surface area contributed by atoms with E-state index in [0.717, 1.165) is 15.7 Å². The number of carbonyl (C=O) groups excluding carboxylic acids is 2. The number of hydrogen-bond donors (Lipinski definition) is 2. The highest BCUT2D eigenvalue weighted by molar-refractivity contribution is 9.10. The van der Waals surface area contributed by atoms with Crippen LogP contribution in [0.5, 0.6) is 0 Å². The monoisotopic (exact) mass is 418 g/mol. The molecule has 3 N–H and O–H groups in total. The number of esters is 1. The number of ketones is 1. The van der Waals surface area contributed by atoms with E-state index in [2.05, 4.69) is 35.1 Å². The van der Waals surface area contributed by atoms with Gasteiger partial charge in [-0.2, -0.15) is 0 Å². The maximum absolute atomic E-state index is 13.0. The average Bonchev–Trinajstić information content (AvgIpc) is 2.53. The summed E-state index contributed by atoms with van der Waals surface area (Å²) in [7, 11) is 0. The molecule has 5 nitrogen and oxygen atoms in total. The van der Waals surface area contributed by atoms with Crippen molar-refractivity contribution in [1.29, 1.82) is 0 Å². The first kappa shape index (κ1) is 18.7. The largest absolute Gasteiger partial charge is 0.463 e. The van der Waals surface area contributed by atoms with E-state index in [1.165, 1.54) is 0 Å². The molecule has 1 heterocycles. The van der Waals surface area contributed by atoms with Crippen LogP contribution in [0.4, 0.5) is 0 Å². The fourth-order valence-corrected chi connectivity index (χ4v) is 4.00. The number of nitrogens with two attached hydrogens (primary N) is 1. The van der Waals surface area contributed by atoms with Crippen LogP contribution in [-0.2, 0) is 14.3 Å². The third-order valence-corrected chi connectivity index (χ3v) is 5.30. The highest BCUT2D eigenvalue weighted by Crippen LogP contribution is 2.46. The van der Waals surface area contributed by atoms with Crippen molar-refractivity contribution in [3.8, 4) is 0 Å². The molecule has 3 rings (SSSR count). The van der Waals surface area contributed by atoms with E-state index in [9.17, 15) is 9.59 Å². The Kier molecular flexibility index (Phi) is 4.97. The van der Waals surface area contributed by atoms with Crippen LogP contribution >= 0.6 is 15.9 Å². The molecule has 0 spiro atoms. The molecule has 1 aromatic rings. The number of Topliss-reactive ketones (excluding diaryl/α,β-unsaturated/α-hetero) is 1. The fraction of sp³-hybridized carbons (Fsp3) is 0.400. The predicted molar refractivity (Wildman–Crippen MR) is 103 cm³/mol. The summed E-state index contributed by atoms with van der Waals surface area (Å²) in [5.41, 5.74) is 8.67. The van der Waals surface area contributed by atoms with Crippen molar-refractivity contribution in [3.63, 3.8) is 0 Å². The van der Waals surface area contributed by atoms with E-state index in [1.54, 1.807) is 6.92 Å². The summed E-state index contributed by atoms with van der Waals surface area (Å²) < 4.78 is 6.15. The predicted octanol–water partition coefficient (Wildman–Crippen LogP) is 3.51. The van der Waals surface area contributed by atoms with Gasteiger partial charge in [0.25, 0.3) is 0 Å². The normalized spacial score (nSPS) is 22.0. The quantitative estimate of drug-likeness (QED) is 0.733. The van der Waals surface area contributed by atoms with Gasteiger partial charge in [-0.1, -0.05) is 41.9 Å². The first-order valence-corrected chi connectivity index (χ1v) is 9.48. The molecule has 0 saturated carbocycles. The van der Waals surface area contributed by atoms with Gasteiger partial charge in [0.15, 0.2) is 5.78 Å². The van der Waals surface area contributed by atoms with E-state index in [1.807, 2.05) is 24.3 Å². The van der Waals surface area contributed by atoms with Crippen LogP contribution in [0.15, 0.2) is 51.4 Å². The molecular weight excluding hydrogens is 396 g/mol. The number of carbonyl (C=O) groups is 2. The lowest BCUT2D eigenvalue weighted by molar-refractivity contribution is -0.138. The fourth-order valence-electron chi connectivity index (χ4n) is 3.74. The molecular formula is C20H23BrN2O3. The Hall–Kier alpha value is -2.08. The molecule has 2 aliphatic rings. The second kappa shape index (κ2) is 6.91. The van der Waals surface area contributed by atoms with E-state index < -0.39 is 11.9 Å². The zero-order valence-electron chi connectivity index (χ0n) is 15.2. The molecule has 0 amide bonds. The van der Waals surface area contributed by atoms with Crippen LogP contribution in [0, 0.1) is 5.41 Å². The van der Waals surface area contributed by atoms with Gasteiger partial charge >= 0.3 is 5.97 Å². The summed E-state index contributed by atoms with van der Waals surface area (Å²) in [5, 5.41) is 3.11. The summed E-state index contributed by atoms with van der Waals surface area (Å²) >= 11 is 3.43. The molecule has 138 valence electrons. The standard InChI is InChI=1S/C20H23BrN2O3/c1-4-26-19(25)17-15(11-5-7-12(21)8-6-11)16-13(23-18(17)22)9-20(2,3)10-14(16)24/h5-8,15,23H,4,9-10,22H2,1-3H3. The maximum Gasteiger partial charge on any atom is 0.338 e. The van der Waals surface area contributed by atoms with Gasteiger partial charge in [-0.3, -0.25) is 4.79 Å². The summed E-state index contributed by atoms with van der Waals surface area (Å²) in [6.45, 7) is 6.12. The summed E-state index contributed by atoms with van der Waals surface area (Å²) in [6.07, 6.45) is 1.15. The first-order valence-electron chi connectivity index (χ1n) is 8.69. The minimum absolute atomic E-state index is 0.0472. The number of dihydropyridines is 1. The zero-order valence-corrected chi connectivity index (χ0v) is 16.8. The summed E-state index contributed by atoms with van der Waals surface area (Å²) in [4.78, 5) is 25.6. The molecule has 1 aliphatic heterocycles. The van der Waals surface area contributed by atoms with Crippen LogP contribution < -0.4 is 11.1 Å². The number of ether oxygens (including phenoxy) is 1. The zero-order chi connectivity index (χ0) is 19.1. The minimum Gasteiger partial charge on any atom is -0.463 e. The van der Waals surface area contributed by atoms with Gasteiger partial charge in [0.05, 0.1) is 18.1 Å². The van der Waals surface area contributed by atoms with Crippen LogP contribution in [0.25, 0.3) is 0 Å². The number of hydrogen-bond acceptors (Lipinski definition) is 5. The van der Waals surface area contributed by atoms with Crippen molar-refractivity contribution in [3.05, 3.63) is 57.0 Å². The third kappa shape index (κ3) is 3.43. The van der Waals surface area contributed by atoms with Gasteiger partial charge in [0.1, 0.15) is 5.82 Å². The third-order valence-electron chi connectivity index (χ3n) is 4.77. The van der Waals surface area contributed by atoms with Crippen molar-refractivity contribution in [2.45, 2.75) is 39.5 Å². The van der Waals surface area contributed by atoms with Crippen LogP contribution in [0.2, 0.25) is 0 Å². The van der Waals surface area contributed by atoms with Gasteiger partial charge in [-0.25, -0.2) is 4.79 Å². The molecule has 0 fully saturated rings. The van der Waals surface area contributed by atoms with Crippen molar-refractivity contribution < 1.29 is 14.3 Å². The van der Waals surface area contributed by atoms with Crippen molar-refractivity contribution in [1.82, 2.24) is 5.32 Å². The molecule has 0 aromatic heterocycles. The van der Waals surface area contributed by atoms with E-state index in [4.69, 9.17) is 10.5 Å². The van der Waals surface area contributed by atoms with Gasteiger partial charge in [0.2, 0.25) is 0 Å². The molecule has 0 saturated heterocycles. The molecule has 6 heteroatoms. The molecule has 1 unspecified atom stereocenters. The SMILES string of the molecule is CCOC(=O)C1=C(N)NC2=C(C(=O)CC(C)(C)C2)C1c1ccc(Br)cc1. The van der Waals surface area contributed by atoms with E-state index >= 15 is 0 Å². The maximum atomic E-state index is 13.0. The second-order valence-corrected chi connectivity index (χ2v) is 8.41. The van der Waals surface area contributed by atoms with Crippen LogP contribution in [0.3, 0.4) is 0 Å². The Morgan fingerprint density at radius 2 is 1.96 bits per heavy atom. The highest BCUT2D eigenvalue weighted by atomic mass is 79.9. The summed E-state index contributed by atoms with van der Waals surface area (Å²) in [5.74, 6) is -0.691. The van der Waals surface area contributed by atoms with Gasteiger partial charge in [-0.05, 0) is 36.5 Å². The molecule has 26 heavy (non-hydrogen) atoms. The lowest BCUT2D eigenvalue weighted by Crippen LogP contribution is -2.41. The number of allylic oxidation sites excluding steroid dienone is 2. The van der Waals surface area contributed by atoms with Gasteiger partial charge < -0.3 is 15.8 Å². The average molecular weight is 419 g/mol. The van der Waals surface area contributed by atoms with Crippen molar-refractivity contribution in [2.24, 2.45) is 11.1 Å². The Balaban J connectivity index is 2.17. The van der Waals surface area contributed by atoms with E-state index in [0.29, 0.717) is 24.0 Å². The number of halogens is 1. The molecule has 1 aromatic carbocycles. The van der Waals surface area contributed by atoms with Crippen molar-refractivity contribution in [2.75, 3.05) is 6.61 Å². The Bertz CT molecular complexity index is 822. The smallest absolute Gasteiger partial charge is 0.338 e. The molecule has 0 radical (unpaired) electrons. The second-order valence-electron chi connectivity index (χ2n) is 7.49. The summed E-state index contributed by atoms with van der Waals surface area (Å²) in [6, 6.07) is 7.61. The Labute approximate surface area is 161 Å². The Morgan fingerprint density at radius 3 is 2.58 bits per heavy atom. The minimum atomic E-state index is -0.512. The van der Waals surface area contributed by atoms with Crippen LogP contribution in [-0.4, -0.2) is 18.4 Å².